The van der Waals surface area contributed by atoms with Crippen LogP contribution in [0.15, 0.2) is 12.1 Å². The van der Waals surface area contributed by atoms with E-state index >= 15 is 0 Å². The fraction of sp³-hybridized carbons (Fsp3) is 0.647. The smallest absolute Gasteiger partial charge is 0.124 e. The second kappa shape index (κ2) is 9.77. The van der Waals surface area contributed by atoms with E-state index in [1.807, 2.05) is 0 Å². The number of methoxy groups -OCH3 is 2. The lowest BCUT2D eigenvalue weighted by Gasteiger charge is -2.16. The summed E-state index contributed by atoms with van der Waals surface area (Å²) < 4.78 is 10.5. The van der Waals surface area contributed by atoms with Crippen molar-refractivity contribution in [2.75, 3.05) is 47.5 Å². The van der Waals surface area contributed by atoms with Gasteiger partial charge in [0.05, 0.1) is 13.7 Å². The molecule has 0 spiro atoms. The number of aryl methyl sites for hydroxylation is 2. The van der Waals surface area contributed by atoms with Crippen molar-refractivity contribution in [3.05, 3.63) is 28.8 Å². The minimum atomic E-state index is 0.800. The van der Waals surface area contributed by atoms with Crippen molar-refractivity contribution in [1.29, 1.82) is 0 Å². The zero-order chi connectivity index (χ0) is 15.7. The van der Waals surface area contributed by atoms with Crippen LogP contribution in [-0.4, -0.2) is 52.4 Å². The van der Waals surface area contributed by atoms with Gasteiger partial charge in [0, 0.05) is 20.2 Å². The lowest BCUT2D eigenvalue weighted by molar-refractivity contribution is 0.160. The number of nitrogens with zero attached hydrogens (tertiary/aromatic N) is 1. The lowest BCUT2D eigenvalue weighted by atomic mass is 10.1. The van der Waals surface area contributed by atoms with Gasteiger partial charge in [-0.25, -0.2) is 0 Å². The first-order valence-corrected chi connectivity index (χ1v) is 7.60. The van der Waals surface area contributed by atoms with Crippen molar-refractivity contribution >= 4 is 0 Å². The van der Waals surface area contributed by atoms with Crippen LogP contribution in [0.25, 0.3) is 0 Å². The van der Waals surface area contributed by atoms with E-state index in [2.05, 4.69) is 43.2 Å². The highest BCUT2D eigenvalue weighted by Gasteiger charge is 2.05. The molecule has 0 saturated heterocycles. The molecule has 1 aromatic carbocycles. The molecule has 0 aliphatic rings. The van der Waals surface area contributed by atoms with Gasteiger partial charge in [-0.05, 0) is 57.1 Å². The monoisotopic (exact) mass is 294 g/mol. The summed E-state index contributed by atoms with van der Waals surface area (Å²) in [5.74, 6) is 0.999. The fourth-order valence-electron chi connectivity index (χ4n) is 2.53. The zero-order valence-corrected chi connectivity index (χ0v) is 14.2. The van der Waals surface area contributed by atoms with Crippen LogP contribution in [0.4, 0.5) is 0 Å². The van der Waals surface area contributed by atoms with Gasteiger partial charge in [0.25, 0.3) is 0 Å². The van der Waals surface area contributed by atoms with Crippen LogP contribution in [-0.2, 0) is 11.3 Å². The van der Waals surface area contributed by atoms with Crippen LogP contribution < -0.4 is 10.1 Å². The number of hydrogen-bond donors (Lipinski definition) is 1. The Balaban J connectivity index is 2.27. The molecule has 0 unspecified atom stereocenters. The van der Waals surface area contributed by atoms with Gasteiger partial charge in [0.2, 0.25) is 0 Å². The maximum atomic E-state index is 5.40. The third kappa shape index (κ3) is 6.46. The molecule has 120 valence electrons. The molecule has 0 amide bonds. The summed E-state index contributed by atoms with van der Waals surface area (Å²) in [6, 6.07) is 4.40. The van der Waals surface area contributed by atoms with Crippen molar-refractivity contribution in [3.8, 4) is 5.75 Å². The largest absolute Gasteiger partial charge is 0.496 e. The van der Waals surface area contributed by atoms with Crippen molar-refractivity contribution in [3.63, 3.8) is 0 Å². The summed E-state index contributed by atoms with van der Waals surface area (Å²) in [6.07, 6.45) is 1.15. The van der Waals surface area contributed by atoms with Crippen LogP contribution in [0.3, 0.4) is 0 Å². The van der Waals surface area contributed by atoms with Crippen molar-refractivity contribution in [2.45, 2.75) is 26.8 Å². The van der Waals surface area contributed by atoms with Gasteiger partial charge in [-0.3, -0.25) is 0 Å². The Morgan fingerprint density at radius 2 is 1.76 bits per heavy atom. The van der Waals surface area contributed by atoms with Crippen LogP contribution in [0, 0.1) is 13.8 Å². The number of ether oxygens (including phenoxy) is 2. The number of likely N-dealkylation sites (N-methyl/N-ethyl adjacent to an activating group) is 1. The average molecular weight is 294 g/mol. The minimum Gasteiger partial charge on any atom is -0.496 e. The van der Waals surface area contributed by atoms with E-state index in [0.29, 0.717) is 0 Å². The molecule has 0 heterocycles. The van der Waals surface area contributed by atoms with Gasteiger partial charge >= 0.3 is 0 Å². The molecule has 0 aromatic heterocycles. The Kier molecular flexibility index (Phi) is 8.35. The van der Waals surface area contributed by atoms with E-state index in [1.54, 1.807) is 14.2 Å². The quantitative estimate of drug-likeness (QED) is 0.672. The molecule has 4 nitrogen and oxygen atoms in total. The normalized spacial score (nSPS) is 11.1. The molecule has 0 saturated carbocycles. The molecule has 0 bridgehead atoms. The Hall–Kier alpha value is -1.10. The molecule has 1 rings (SSSR count). The fourth-order valence-corrected chi connectivity index (χ4v) is 2.53. The Morgan fingerprint density at radius 1 is 1.10 bits per heavy atom. The van der Waals surface area contributed by atoms with Gasteiger partial charge < -0.3 is 19.7 Å². The second-order valence-electron chi connectivity index (χ2n) is 5.59. The first-order valence-electron chi connectivity index (χ1n) is 7.60. The number of hydrogen-bond acceptors (Lipinski definition) is 4. The summed E-state index contributed by atoms with van der Waals surface area (Å²) in [4.78, 5) is 2.30. The standard InChI is InChI=1S/C17H30N2O2/c1-14-11-16(12-15(2)17(14)21-5)13-18-7-6-8-19(3)9-10-20-4/h11-12,18H,6-10,13H2,1-5H3. The summed E-state index contributed by atoms with van der Waals surface area (Å²) in [5.41, 5.74) is 3.72. The molecule has 21 heavy (non-hydrogen) atoms. The molecule has 0 radical (unpaired) electrons. The van der Waals surface area contributed by atoms with Crippen molar-refractivity contribution in [1.82, 2.24) is 10.2 Å². The van der Waals surface area contributed by atoms with Gasteiger partial charge in [-0.1, -0.05) is 12.1 Å². The minimum absolute atomic E-state index is 0.800. The summed E-state index contributed by atoms with van der Waals surface area (Å²) in [7, 11) is 5.61. The van der Waals surface area contributed by atoms with E-state index in [9.17, 15) is 0 Å². The van der Waals surface area contributed by atoms with Gasteiger partial charge in [-0.15, -0.1) is 0 Å². The first kappa shape index (κ1) is 18.0. The lowest BCUT2D eigenvalue weighted by Crippen LogP contribution is -2.26. The van der Waals surface area contributed by atoms with Crippen molar-refractivity contribution < 1.29 is 9.47 Å². The summed E-state index contributed by atoms with van der Waals surface area (Å²) in [6.45, 7) is 9.02. The van der Waals surface area contributed by atoms with Gasteiger partial charge in [-0.2, -0.15) is 0 Å². The number of nitrogens with one attached hydrogen (secondary N) is 1. The number of benzene rings is 1. The average Bonchev–Trinajstić information content (AvgIpc) is 2.44. The molecule has 1 N–H and O–H groups in total. The highest BCUT2D eigenvalue weighted by molar-refractivity contribution is 5.43. The maximum absolute atomic E-state index is 5.40. The molecule has 0 fully saturated rings. The van der Waals surface area contributed by atoms with E-state index in [4.69, 9.17) is 9.47 Å². The number of rotatable bonds is 10. The molecule has 1 aromatic rings. The predicted molar refractivity (Wildman–Crippen MR) is 88.2 cm³/mol. The molecular formula is C17H30N2O2. The van der Waals surface area contributed by atoms with E-state index in [0.717, 1.165) is 45.0 Å². The molecular weight excluding hydrogens is 264 g/mol. The van der Waals surface area contributed by atoms with E-state index in [-0.39, 0.29) is 0 Å². The van der Waals surface area contributed by atoms with E-state index in [1.165, 1.54) is 16.7 Å². The maximum Gasteiger partial charge on any atom is 0.124 e. The molecule has 4 heteroatoms. The third-order valence-corrected chi connectivity index (χ3v) is 3.62. The Morgan fingerprint density at radius 3 is 2.33 bits per heavy atom. The van der Waals surface area contributed by atoms with Gasteiger partial charge in [0.15, 0.2) is 0 Å². The topological polar surface area (TPSA) is 33.7 Å². The molecule has 0 aliphatic heterocycles. The highest BCUT2D eigenvalue weighted by atomic mass is 16.5. The predicted octanol–water partition coefficient (Wildman–Crippen LogP) is 2.37. The Labute approximate surface area is 129 Å². The summed E-state index contributed by atoms with van der Waals surface area (Å²) >= 11 is 0. The van der Waals surface area contributed by atoms with Crippen LogP contribution in [0.5, 0.6) is 5.75 Å². The Bertz CT molecular complexity index is 398. The SMILES string of the molecule is COCCN(C)CCCNCc1cc(C)c(OC)c(C)c1. The van der Waals surface area contributed by atoms with Gasteiger partial charge in [0.1, 0.15) is 5.75 Å². The molecule has 0 aliphatic carbocycles. The summed E-state index contributed by atoms with van der Waals surface area (Å²) in [5, 5.41) is 3.51. The first-order chi connectivity index (χ1) is 10.1. The van der Waals surface area contributed by atoms with E-state index < -0.39 is 0 Å². The van der Waals surface area contributed by atoms with Crippen LogP contribution in [0.1, 0.15) is 23.1 Å². The van der Waals surface area contributed by atoms with Crippen molar-refractivity contribution in [2.24, 2.45) is 0 Å². The zero-order valence-electron chi connectivity index (χ0n) is 14.2. The second-order valence-corrected chi connectivity index (χ2v) is 5.59. The molecule has 0 atom stereocenters. The van der Waals surface area contributed by atoms with Crippen LogP contribution in [0.2, 0.25) is 0 Å². The van der Waals surface area contributed by atoms with Crippen LogP contribution >= 0.6 is 0 Å². The highest BCUT2D eigenvalue weighted by Crippen LogP contribution is 2.24. The third-order valence-electron chi connectivity index (χ3n) is 3.62.